The molecular weight excluding hydrogens is 104 g/mol. The Hall–Kier alpha value is -0.340. The highest BCUT2D eigenvalue weighted by Crippen LogP contribution is 1.84. The Morgan fingerprint density at radius 3 is 2.62 bits per heavy atom. The summed E-state index contributed by atoms with van der Waals surface area (Å²) in [5, 5.41) is 16.9. The molecule has 0 aromatic rings. The Morgan fingerprint density at radius 2 is 2.25 bits per heavy atom. The predicted octanol–water partition coefficient (Wildman–Crippen LogP) is 0.306. The Kier molecular flexibility index (Phi) is 4.61. The average Bonchev–Trinajstić information content (AvgIpc) is 1.66. The van der Waals surface area contributed by atoms with Crippen LogP contribution in [0.15, 0.2) is 12.2 Å². The number of rotatable bonds is 3. The minimum absolute atomic E-state index is 0.156. The van der Waals surface area contributed by atoms with Crippen LogP contribution in [-0.2, 0) is 0 Å². The standard InChI is InChI=1S/C6H12O2/c1-6(8)4-2-3-5-7/h2,4,6-8H,3,5H2,1H3/b4-2-/t6-/m0/s1. The Labute approximate surface area is 49.5 Å². The fourth-order valence-corrected chi connectivity index (χ4v) is 0.368. The summed E-state index contributed by atoms with van der Waals surface area (Å²) in [7, 11) is 0. The van der Waals surface area contributed by atoms with Crippen molar-refractivity contribution in [2.45, 2.75) is 19.4 Å². The number of aliphatic hydroxyl groups excluding tert-OH is 2. The maximum absolute atomic E-state index is 8.61. The van der Waals surface area contributed by atoms with E-state index in [1.54, 1.807) is 19.1 Å². The van der Waals surface area contributed by atoms with Gasteiger partial charge < -0.3 is 10.2 Å². The van der Waals surface area contributed by atoms with E-state index in [1.165, 1.54) is 0 Å². The second-order valence-electron chi connectivity index (χ2n) is 1.68. The van der Waals surface area contributed by atoms with Gasteiger partial charge in [0.2, 0.25) is 0 Å². The summed E-state index contributed by atoms with van der Waals surface area (Å²) in [4.78, 5) is 0. The zero-order valence-electron chi connectivity index (χ0n) is 5.04. The monoisotopic (exact) mass is 116 g/mol. The lowest BCUT2D eigenvalue weighted by atomic mass is 10.3. The molecule has 0 aliphatic heterocycles. The molecule has 0 heterocycles. The third-order valence-electron chi connectivity index (χ3n) is 0.710. The van der Waals surface area contributed by atoms with Gasteiger partial charge in [-0.1, -0.05) is 12.2 Å². The lowest BCUT2D eigenvalue weighted by molar-refractivity contribution is 0.243. The second-order valence-corrected chi connectivity index (χ2v) is 1.68. The van der Waals surface area contributed by atoms with Crippen LogP contribution in [0.1, 0.15) is 13.3 Å². The normalized spacial score (nSPS) is 14.9. The fourth-order valence-electron chi connectivity index (χ4n) is 0.368. The molecule has 0 aromatic heterocycles. The molecule has 2 N–H and O–H groups in total. The van der Waals surface area contributed by atoms with Gasteiger partial charge in [0.05, 0.1) is 6.10 Å². The van der Waals surface area contributed by atoms with Gasteiger partial charge in [-0.15, -0.1) is 0 Å². The van der Waals surface area contributed by atoms with Gasteiger partial charge in [-0.3, -0.25) is 0 Å². The highest BCUT2D eigenvalue weighted by Gasteiger charge is 1.81. The zero-order valence-corrected chi connectivity index (χ0v) is 5.04. The lowest BCUT2D eigenvalue weighted by Gasteiger charge is -1.90. The van der Waals surface area contributed by atoms with Gasteiger partial charge in [-0.25, -0.2) is 0 Å². The number of hydrogen-bond acceptors (Lipinski definition) is 2. The summed E-state index contributed by atoms with van der Waals surface area (Å²) in [6.45, 7) is 1.83. The first-order chi connectivity index (χ1) is 3.77. The van der Waals surface area contributed by atoms with Crippen LogP contribution in [0.2, 0.25) is 0 Å². The van der Waals surface area contributed by atoms with Crippen molar-refractivity contribution >= 4 is 0 Å². The van der Waals surface area contributed by atoms with E-state index in [-0.39, 0.29) is 12.7 Å². The molecular formula is C6H12O2. The minimum Gasteiger partial charge on any atom is -0.396 e. The molecule has 0 aliphatic carbocycles. The molecule has 1 atom stereocenters. The molecule has 0 fully saturated rings. The molecule has 0 saturated heterocycles. The van der Waals surface area contributed by atoms with Crippen molar-refractivity contribution in [2.24, 2.45) is 0 Å². The summed E-state index contributed by atoms with van der Waals surface area (Å²) in [5.74, 6) is 0. The van der Waals surface area contributed by atoms with E-state index in [0.29, 0.717) is 6.42 Å². The molecule has 0 rings (SSSR count). The van der Waals surface area contributed by atoms with Crippen molar-refractivity contribution in [3.05, 3.63) is 12.2 Å². The van der Waals surface area contributed by atoms with E-state index in [9.17, 15) is 0 Å². The lowest BCUT2D eigenvalue weighted by Crippen LogP contribution is -1.91. The van der Waals surface area contributed by atoms with Crippen molar-refractivity contribution in [1.29, 1.82) is 0 Å². The fraction of sp³-hybridized carbons (Fsp3) is 0.667. The molecule has 0 amide bonds. The molecule has 8 heavy (non-hydrogen) atoms. The molecule has 0 aliphatic rings. The molecule has 0 bridgehead atoms. The first-order valence-corrected chi connectivity index (χ1v) is 2.73. The molecule has 0 radical (unpaired) electrons. The molecule has 0 aromatic carbocycles. The van der Waals surface area contributed by atoms with E-state index in [1.807, 2.05) is 0 Å². The van der Waals surface area contributed by atoms with Crippen LogP contribution >= 0.6 is 0 Å². The minimum atomic E-state index is -0.387. The molecule has 0 saturated carbocycles. The van der Waals surface area contributed by atoms with Gasteiger partial charge in [-0.2, -0.15) is 0 Å². The van der Waals surface area contributed by atoms with Crippen LogP contribution in [0.25, 0.3) is 0 Å². The van der Waals surface area contributed by atoms with E-state index in [4.69, 9.17) is 10.2 Å². The SMILES string of the molecule is C[C@H](O)/C=C\CCO. The van der Waals surface area contributed by atoms with Crippen LogP contribution in [0, 0.1) is 0 Å². The molecule has 2 heteroatoms. The smallest absolute Gasteiger partial charge is 0.0692 e. The van der Waals surface area contributed by atoms with Crippen molar-refractivity contribution in [2.75, 3.05) is 6.61 Å². The Morgan fingerprint density at radius 1 is 1.62 bits per heavy atom. The molecule has 0 unspecified atom stereocenters. The third kappa shape index (κ3) is 5.66. The highest BCUT2D eigenvalue weighted by molar-refractivity contribution is 4.85. The quantitative estimate of drug-likeness (QED) is 0.521. The summed E-state index contributed by atoms with van der Waals surface area (Å²) in [5.41, 5.74) is 0. The summed E-state index contributed by atoms with van der Waals surface area (Å²) < 4.78 is 0. The van der Waals surface area contributed by atoms with Crippen molar-refractivity contribution in [3.63, 3.8) is 0 Å². The Balaban J connectivity index is 3.07. The molecule has 0 spiro atoms. The third-order valence-corrected chi connectivity index (χ3v) is 0.710. The van der Waals surface area contributed by atoms with Crippen LogP contribution in [0.3, 0.4) is 0 Å². The molecule has 2 nitrogen and oxygen atoms in total. The maximum atomic E-state index is 8.61. The van der Waals surface area contributed by atoms with Gasteiger partial charge in [-0.05, 0) is 13.3 Å². The summed E-state index contributed by atoms with van der Waals surface area (Å²) in [6, 6.07) is 0. The van der Waals surface area contributed by atoms with E-state index < -0.39 is 0 Å². The average molecular weight is 116 g/mol. The van der Waals surface area contributed by atoms with Gasteiger partial charge >= 0.3 is 0 Å². The summed E-state index contributed by atoms with van der Waals surface area (Å²) >= 11 is 0. The van der Waals surface area contributed by atoms with Crippen LogP contribution < -0.4 is 0 Å². The van der Waals surface area contributed by atoms with Crippen LogP contribution in [0.4, 0.5) is 0 Å². The van der Waals surface area contributed by atoms with Crippen molar-refractivity contribution in [3.8, 4) is 0 Å². The van der Waals surface area contributed by atoms with Gasteiger partial charge in [0.15, 0.2) is 0 Å². The second kappa shape index (κ2) is 4.81. The van der Waals surface area contributed by atoms with Crippen molar-refractivity contribution in [1.82, 2.24) is 0 Å². The predicted molar refractivity (Wildman–Crippen MR) is 32.5 cm³/mol. The van der Waals surface area contributed by atoms with Crippen molar-refractivity contribution < 1.29 is 10.2 Å². The topological polar surface area (TPSA) is 40.5 Å². The summed E-state index contributed by atoms with van der Waals surface area (Å²) in [6.07, 6.45) is 3.65. The molecule has 48 valence electrons. The zero-order chi connectivity index (χ0) is 6.41. The van der Waals surface area contributed by atoms with E-state index >= 15 is 0 Å². The number of hydrogen-bond donors (Lipinski definition) is 2. The highest BCUT2D eigenvalue weighted by atomic mass is 16.3. The van der Waals surface area contributed by atoms with E-state index in [0.717, 1.165) is 0 Å². The first-order valence-electron chi connectivity index (χ1n) is 2.73. The number of aliphatic hydroxyl groups is 2. The Bertz CT molecular complexity index is 66.9. The van der Waals surface area contributed by atoms with Gasteiger partial charge in [0.25, 0.3) is 0 Å². The van der Waals surface area contributed by atoms with Crippen LogP contribution in [-0.4, -0.2) is 22.9 Å². The van der Waals surface area contributed by atoms with Gasteiger partial charge in [0, 0.05) is 6.61 Å². The first kappa shape index (κ1) is 7.66. The van der Waals surface area contributed by atoms with E-state index in [2.05, 4.69) is 0 Å². The maximum Gasteiger partial charge on any atom is 0.0692 e. The van der Waals surface area contributed by atoms with Crippen LogP contribution in [0.5, 0.6) is 0 Å². The largest absolute Gasteiger partial charge is 0.396 e. The van der Waals surface area contributed by atoms with Gasteiger partial charge in [0.1, 0.15) is 0 Å².